The lowest BCUT2D eigenvalue weighted by atomic mass is 10.1. The second-order valence-electron chi connectivity index (χ2n) is 10.0. The topological polar surface area (TPSA) is 143 Å². The van der Waals surface area contributed by atoms with Gasteiger partial charge in [-0.2, -0.15) is 0 Å². The molecule has 0 atom stereocenters. The van der Waals surface area contributed by atoms with Crippen LogP contribution in [0.3, 0.4) is 0 Å². The normalized spacial score (nSPS) is 10.6. The van der Waals surface area contributed by atoms with Crippen LogP contribution in [0.25, 0.3) is 12.2 Å². The fourth-order valence-electron chi connectivity index (χ4n) is 4.31. The van der Waals surface area contributed by atoms with Crippen LogP contribution < -0.4 is 19.3 Å². The van der Waals surface area contributed by atoms with Crippen molar-refractivity contribution in [1.82, 2.24) is 4.98 Å². The Morgan fingerprint density at radius 1 is 0.596 bits per heavy atom. The molecule has 13 nitrogen and oxygen atoms in total. The molecule has 0 aliphatic heterocycles. The molecule has 0 amide bonds. The summed E-state index contributed by atoms with van der Waals surface area (Å²) in [6.07, 6.45) is 7.19. The van der Waals surface area contributed by atoms with Crippen LogP contribution in [0.1, 0.15) is 16.7 Å². The van der Waals surface area contributed by atoms with Crippen molar-refractivity contribution in [3.05, 3.63) is 77.6 Å². The Bertz CT molecular complexity index is 1510. The highest BCUT2D eigenvalue weighted by molar-refractivity contribution is 5.84. The van der Waals surface area contributed by atoms with Crippen LogP contribution in [0, 0.1) is 6.92 Å². The lowest BCUT2D eigenvalue weighted by molar-refractivity contribution is -0.141. The predicted octanol–water partition coefficient (Wildman–Crippen LogP) is 3.32. The molecule has 47 heavy (non-hydrogen) atoms. The van der Waals surface area contributed by atoms with Gasteiger partial charge in [0.25, 0.3) is 0 Å². The first-order valence-electron chi connectivity index (χ1n) is 14.5. The molecule has 1 aromatic heterocycles. The van der Waals surface area contributed by atoms with E-state index in [4.69, 9.17) is 28.4 Å². The van der Waals surface area contributed by atoms with Crippen molar-refractivity contribution in [1.29, 1.82) is 0 Å². The number of benzene rings is 2. The average Bonchev–Trinajstić information content (AvgIpc) is 3.08. The second-order valence-corrected chi connectivity index (χ2v) is 10.0. The van der Waals surface area contributed by atoms with Crippen LogP contribution >= 0.6 is 0 Å². The minimum atomic E-state index is -0.555. The number of hydrogen-bond acceptors (Lipinski definition) is 13. The molecule has 0 saturated carbocycles. The minimum absolute atomic E-state index is 0.0518. The monoisotopic (exact) mass is 649 g/mol. The number of carbonyl (C=O) groups excluding carboxylic acids is 4. The van der Waals surface area contributed by atoms with Crippen LogP contribution in [0.2, 0.25) is 0 Å². The Kier molecular flexibility index (Phi) is 14.0. The van der Waals surface area contributed by atoms with Crippen molar-refractivity contribution in [2.24, 2.45) is 0 Å². The van der Waals surface area contributed by atoms with Gasteiger partial charge < -0.3 is 38.2 Å². The molecule has 0 saturated heterocycles. The molecule has 0 bridgehead atoms. The molecule has 3 aromatic rings. The molecule has 0 fully saturated rings. The molecule has 0 spiro atoms. The molecule has 3 rings (SSSR count). The highest BCUT2D eigenvalue weighted by Gasteiger charge is 2.22. The zero-order chi connectivity index (χ0) is 34.2. The van der Waals surface area contributed by atoms with Gasteiger partial charge in [0.15, 0.2) is 0 Å². The number of aromatic nitrogens is 1. The van der Waals surface area contributed by atoms with Gasteiger partial charge >= 0.3 is 23.9 Å². The summed E-state index contributed by atoms with van der Waals surface area (Å²) < 4.78 is 31.6. The van der Waals surface area contributed by atoms with E-state index >= 15 is 0 Å². The number of hydrogen-bond donors (Lipinski definition) is 0. The molecule has 0 N–H and O–H groups in total. The summed E-state index contributed by atoms with van der Waals surface area (Å²) in [4.78, 5) is 55.8. The quantitative estimate of drug-likeness (QED) is 0.120. The van der Waals surface area contributed by atoms with Crippen LogP contribution in [0.15, 0.2) is 60.9 Å². The summed E-state index contributed by atoms with van der Waals surface area (Å²) in [6.45, 7) is 1.12. The Morgan fingerprint density at radius 2 is 1.02 bits per heavy atom. The average molecular weight is 650 g/mol. The Morgan fingerprint density at radius 3 is 1.49 bits per heavy atom. The van der Waals surface area contributed by atoms with Crippen LogP contribution in [0.5, 0.6) is 11.5 Å². The number of rotatable bonds is 17. The van der Waals surface area contributed by atoms with E-state index in [2.05, 4.69) is 4.98 Å². The highest BCUT2D eigenvalue weighted by atomic mass is 16.5. The first-order valence-corrected chi connectivity index (χ1v) is 14.5. The summed E-state index contributed by atoms with van der Waals surface area (Å²) >= 11 is 0. The number of pyridine rings is 1. The van der Waals surface area contributed by atoms with E-state index in [0.29, 0.717) is 22.9 Å². The summed E-state index contributed by atoms with van der Waals surface area (Å²) in [6, 6.07) is 14.4. The first-order chi connectivity index (χ1) is 22.7. The van der Waals surface area contributed by atoms with E-state index in [1.54, 1.807) is 36.7 Å². The van der Waals surface area contributed by atoms with E-state index in [1.165, 1.54) is 38.2 Å². The first kappa shape index (κ1) is 35.9. The number of esters is 4. The van der Waals surface area contributed by atoms with Crippen LogP contribution in [0.4, 0.5) is 11.4 Å². The number of methoxy groups -OCH3 is 4. The van der Waals surface area contributed by atoms with Gasteiger partial charge in [-0.15, -0.1) is 0 Å². The largest absolute Gasteiger partial charge is 0.488 e. The van der Waals surface area contributed by atoms with Crippen molar-refractivity contribution < 1.29 is 47.6 Å². The fraction of sp³-hybridized carbons (Fsp3) is 0.324. The molecular weight excluding hydrogens is 610 g/mol. The Labute approximate surface area is 273 Å². The van der Waals surface area contributed by atoms with E-state index in [1.807, 2.05) is 43.3 Å². The van der Waals surface area contributed by atoms with Crippen molar-refractivity contribution in [3.63, 3.8) is 0 Å². The van der Waals surface area contributed by atoms with Crippen molar-refractivity contribution in [2.45, 2.75) is 6.92 Å². The summed E-state index contributed by atoms with van der Waals surface area (Å²) in [5.41, 5.74) is 3.57. The van der Waals surface area contributed by atoms with Gasteiger partial charge in [-0.25, -0.2) is 0 Å². The third-order valence-corrected chi connectivity index (χ3v) is 6.74. The lowest BCUT2D eigenvalue weighted by Gasteiger charge is -2.26. The van der Waals surface area contributed by atoms with Gasteiger partial charge in [0.1, 0.15) is 50.9 Å². The molecule has 0 aliphatic rings. The molecule has 0 unspecified atom stereocenters. The van der Waals surface area contributed by atoms with Crippen molar-refractivity contribution in [2.75, 3.05) is 77.6 Å². The number of nitrogens with zero attached hydrogens (tertiary/aromatic N) is 3. The van der Waals surface area contributed by atoms with E-state index < -0.39 is 23.9 Å². The van der Waals surface area contributed by atoms with Crippen LogP contribution in [-0.4, -0.2) is 96.7 Å². The zero-order valence-corrected chi connectivity index (χ0v) is 27.1. The number of anilines is 2. The van der Waals surface area contributed by atoms with E-state index in [-0.39, 0.29) is 39.4 Å². The Hall–Kier alpha value is -5.59. The smallest absolute Gasteiger partial charge is 0.325 e. The molecule has 2 aromatic carbocycles. The van der Waals surface area contributed by atoms with E-state index in [9.17, 15) is 19.2 Å². The third-order valence-electron chi connectivity index (χ3n) is 6.74. The zero-order valence-electron chi connectivity index (χ0n) is 27.1. The molecule has 1 heterocycles. The SMILES string of the molecule is COC(=O)CN(CC(=O)OC)c1ccc(C)cc1OCCOc1cc(/C=C/c2ccncc2)ccc1N(CC(=O)OC)CC(=O)OC. The van der Waals surface area contributed by atoms with Gasteiger partial charge in [-0.1, -0.05) is 24.3 Å². The van der Waals surface area contributed by atoms with Gasteiger partial charge in [-0.05, 0) is 60.0 Å². The summed E-state index contributed by atoms with van der Waals surface area (Å²) in [5, 5.41) is 0. The molecule has 0 aliphatic carbocycles. The maximum absolute atomic E-state index is 12.3. The van der Waals surface area contributed by atoms with Crippen LogP contribution in [-0.2, 0) is 38.1 Å². The summed E-state index contributed by atoms with van der Waals surface area (Å²) in [5.74, 6) is -1.41. The van der Waals surface area contributed by atoms with Gasteiger partial charge in [0.2, 0.25) is 0 Å². The standard InChI is InChI=1S/C34H39N3O10/c1-24-6-10-27(36(20-31(38)42-2)21-32(39)43-3)29(18-24)46-16-17-47-30-19-26(8-7-25-12-14-35-15-13-25)9-11-28(30)37(22-33(40)44-4)23-34(41)45-5/h6-15,18-19H,16-17,20-23H2,1-5H3/b8-7+. The second kappa shape index (κ2) is 18.4. The minimum Gasteiger partial charge on any atom is -0.488 e. The maximum atomic E-state index is 12.3. The van der Waals surface area contributed by atoms with Gasteiger partial charge in [0, 0.05) is 12.4 Å². The fourth-order valence-corrected chi connectivity index (χ4v) is 4.31. The third kappa shape index (κ3) is 11.4. The predicted molar refractivity (Wildman–Crippen MR) is 174 cm³/mol. The maximum Gasteiger partial charge on any atom is 0.325 e. The van der Waals surface area contributed by atoms with Crippen molar-refractivity contribution in [3.8, 4) is 11.5 Å². The number of ether oxygens (including phenoxy) is 6. The molecular formula is C34H39N3O10. The van der Waals surface area contributed by atoms with E-state index in [0.717, 1.165) is 16.7 Å². The van der Waals surface area contributed by atoms with Crippen molar-refractivity contribution >= 4 is 47.4 Å². The molecule has 0 radical (unpaired) electrons. The lowest BCUT2D eigenvalue weighted by Crippen LogP contribution is -2.36. The van der Waals surface area contributed by atoms with Gasteiger partial charge in [0.05, 0.1) is 39.8 Å². The molecule has 13 heteroatoms. The highest BCUT2D eigenvalue weighted by Crippen LogP contribution is 2.32. The summed E-state index contributed by atoms with van der Waals surface area (Å²) in [7, 11) is 5.05. The Balaban J connectivity index is 1.88. The number of aryl methyl sites for hydroxylation is 1. The number of carbonyl (C=O) groups is 4. The van der Waals surface area contributed by atoms with Gasteiger partial charge in [-0.3, -0.25) is 24.2 Å². The molecule has 250 valence electrons.